The molecule has 1 aromatic carbocycles. The van der Waals surface area contributed by atoms with Gasteiger partial charge in [0.05, 0.1) is 6.54 Å². The van der Waals surface area contributed by atoms with Gasteiger partial charge in [-0.3, -0.25) is 19.9 Å². The third kappa shape index (κ3) is 5.99. The Labute approximate surface area is 159 Å². The lowest BCUT2D eigenvalue weighted by molar-refractivity contribution is -0.125. The highest BCUT2D eigenvalue weighted by Crippen LogP contribution is 2.32. The number of ether oxygens (including phenoxy) is 2. The molecule has 0 saturated carbocycles. The highest BCUT2D eigenvalue weighted by molar-refractivity contribution is 5.95. The van der Waals surface area contributed by atoms with E-state index >= 15 is 0 Å². The van der Waals surface area contributed by atoms with E-state index in [4.69, 9.17) is 9.47 Å². The van der Waals surface area contributed by atoms with Crippen LogP contribution in [0.5, 0.6) is 11.5 Å². The predicted molar refractivity (Wildman–Crippen MR) is 91.9 cm³/mol. The first-order chi connectivity index (χ1) is 13.3. The number of piperazine rings is 1. The van der Waals surface area contributed by atoms with Crippen molar-refractivity contribution in [2.24, 2.45) is 0 Å². The lowest BCUT2D eigenvalue weighted by Crippen LogP contribution is -2.51. The maximum Gasteiger partial charge on any atom is 0.405 e. The Bertz CT molecular complexity index is 721. The van der Waals surface area contributed by atoms with Crippen LogP contribution in [0.2, 0.25) is 0 Å². The highest BCUT2D eigenvalue weighted by atomic mass is 19.4. The number of imide groups is 1. The van der Waals surface area contributed by atoms with Crippen molar-refractivity contribution in [1.82, 2.24) is 20.4 Å². The number of carbonyl (C=O) groups is 2. The molecule has 3 rings (SSSR count). The molecule has 28 heavy (non-hydrogen) atoms. The van der Waals surface area contributed by atoms with Crippen LogP contribution in [0.15, 0.2) is 18.2 Å². The fourth-order valence-corrected chi connectivity index (χ4v) is 3.00. The second kappa shape index (κ2) is 8.65. The third-order valence-electron chi connectivity index (χ3n) is 4.38. The largest absolute Gasteiger partial charge is 0.454 e. The summed E-state index contributed by atoms with van der Waals surface area (Å²) >= 11 is 0. The summed E-state index contributed by atoms with van der Waals surface area (Å²) in [6.07, 6.45) is -4.52. The van der Waals surface area contributed by atoms with Crippen molar-refractivity contribution in [2.45, 2.75) is 12.7 Å². The number of benzene rings is 1. The third-order valence-corrected chi connectivity index (χ3v) is 4.38. The highest BCUT2D eigenvalue weighted by Gasteiger charge is 2.28. The molecular weight excluding hydrogens is 381 g/mol. The summed E-state index contributed by atoms with van der Waals surface area (Å²) in [5, 5.41) is 3.51. The van der Waals surface area contributed by atoms with Gasteiger partial charge in [-0.15, -0.1) is 0 Å². The number of nitrogens with zero attached hydrogens (tertiary/aromatic N) is 2. The van der Waals surface area contributed by atoms with Crippen molar-refractivity contribution in [1.29, 1.82) is 0 Å². The summed E-state index contributed by atoms with van der Waals surface area (Å²) in [6, 6.07) is 4.65. The first kappa shape index (κ1) is 20.2. The molecule has 0 unspecified atom stereocenters. The van der Waals surface area contributed by atoms with Gasteiger partial charge in [-0.25, -0.2) is 4.79 Å². The first-order valence-electron chi connectivity index (χ1n) is 8.76. The first-order valence-corrected chi connectivity index (χ1v) is 8.76. The molecule has 0 aliphatic carbocycles. The number of urea groups is 1. The van der Waals surface area contributed by atoms with Crippen molar-refractivity contribution in [2.75, 3.05) is 46.1 Å². The second-order valence-electron chi connectivity index (χ2n) is 6.59. The summed E-state index contributed by atoms with van der Waals surface area (Å²) < 4.78 is 46.7. The molecule has 0 radical (unpaired) electrons. The Kier molecular flexibility index (Phi) is 6.25. The van der Waals surface area contributed by atoms with E-state index in [-0.39, 0.29) is 13.3 Å². The minimum Gasteiger partial charge on any atom is -0.454 e. The second-order valence-corrected chi connectivity index (χ2v) is 6.59. The Hall–Kier alpha value is -2.53. The van der Waals surface area contributed by atoms with Crippen LogP contribution in [0.25, 0.3) is 0 Å². The van der Waals surface area contributed by atoms with Gasteiger partial charge < -0.3 is 14.8 Å². The number of fused-ring (bicyclic) bond motifs is 1. The van der Waals surface area contributed by atoms with Gasteiger partial charge in [-0.1, -0.05) is 6.07 Å². The molecule has 8 nitrogen and oxygen atoms in total. The van der Waals surface area contributed by atoms with Gasteiger partial charge in [0.2, 0.25) is 12.7 Å². The summed E-state index contributed by atoms with van der Waals surface area (Å²) in [6.45, 7) is 2.11. The SMILES string of the molecule is O=C(CN1CCN(Cc2ccc3c(c2)OCO3)CC1)NC(=O)NCC(F)(F)F. The Morgan fingerprint density at radius 2 is 1.71 bits per heavy atom. The molecule has 2 heterocycles. The van der Waals surface area contributed by atoms with Crippen LogP contribution in [0.3, 0.4) is 0 Å². The molecule has 1 aromatic rings. The van der Waals surface area contributed by atoms with Gasteiger partial charge in [-0.2, -0.15) is 13.2 Å². The molecule has 11 heteroatoms. The standard InChI is InChI=1S/C17H21F3N4O4/c18-17(19,20)10-21-16(26)22-15(25)9-24-5-3-23(4-6-24)8-12-1-2-13-14(7-12)28-11-27-13/h1-2,7H,3-6,8-11H2,(H2,21,22,25,26). The fourth-order valence-electron chi connectivity index (χ4n) is 3.00. The molecular formula is C17H21F3N4O4. The number of nitrogens with one attached hydrogen (secondary N) is 2. The minimum absolute atomic E-state index is 0.0443. The van der Waals surface area contributed by atoms with Crippen molar-refractivity contribution >= 4 is 11.9 Å². The van der Waals surface area contributed by atoms with Crippen LogP contribution in [-0.2, 0) is 11.3 Å². The average molecular weight is 402 g/mol. The van der Waals surface area contributed by atoms with E-state index in [1.54, 1.807) is 5.32 Å². The fraction of sp³-hybridized carbons (Fsp3) is 0.529. The minimum atomic E-state index is -4.52. The van der Waals surface area contributed by atoms with E-state index in [0.717, 1.165) is 36.7 Å². The number of halogens is 3. The zero-order chi connectivity index (χ0) is 20.1. The number of hydrogen-bond donors (Lipinski definition) is 2. The van der Waals surface area contributed by atoms with Crippen molar-refractivity contribution < 1.29 is 32.2 Å². The van der Waals surface area contributed by atoms with E-state index in [9.17, 15) is 22.8 Å². The van der Waals surface area contributed by atoms with Gasteiger partial charge in [0.25, 0.3) is 0 Å². The molecule has 0 aromatic heterocycles. The van der Waals surface area contributed by atoms with Crippen LogP contribution in [0.1, 0.15) is 5.56 Å². The topological polar surface area (TPSA) is 83.1 Å². The molecule has 1 saturated heterocycles. The van der Waals surface area contributed by atoms with E-state index in [1.165, 1.54) is 0 Å². The Balaban J connectivity index is 1.37. The average Bonchev–Trinajstić information content (AvgIpc) is 3.09. The Morgan fingerprint density at radius 1 is 1.04 bits per heavy atom. The predicted octanol–water partition coefficient (Wildman–Crippen LogP) is 0.921. The van der Waals surface area contributed by atoms with Crippen LogP contribution in [0, 0.1) is 0 Å². The van der Waals surface area contributed by atoms with E-state index in [1.807, 2.05) is 28.4 Å². The number of hydrogen-bond acceptors (Lipinski definition) is 6. The lowest BCUT2D eigenvalue weighted by atomic mass is 10.1. The van der Waals surface area contributed by atoms with Crippen molar-refractivity contribution in [3.05, 3.63) is 23.8 Å². The zero-order valence-corrected chi connectivity index (χ0v) is 15.1. The molecule has 0 atom stereocenters. The molecule has 0 spiro atoms. The molecule has 2 aliphatic heterocycles. The van der Waals surface area contributed by atoms with Crippen LogP contribution >= 0.6 is 0 Å². The quantitative estimate of drug-likeness (QED) is 0.762. The van der Waals surface area contributed by atoms with E-state index in [0.29, 0.717) is 13.1 Å². The summed E-state index contributed by atoms with van der Waals surface area (Å²) in [7, 11) is 0. The maximum atomic E-state index is 12.0. The smallest absolute Gasteiger partial charge is 0.405 e. The zero-order valence-electron chi connectivity index (χ0n) is 15.1. The molecule has 1 fully saturated rings. The number of rotatable bonds is 5. The van der Waals surface area contributed by atoms with E-state index < -0.39 is 24.7 Å². The van der Waals surface area contributed by atoms with Crippen molar-refractivity contribution in [3.8, 4) is 11.5 Å². The number of carbonyl (C=O) groups excluding carboxylic acids is 2. The molecule has 2 N–H and O–H groups in total. The van der Waals surface area contributed by atoms with Crippen molar-refractivity contribution in [3.63, 3.8) is 0 Å². The summed E-state index contributed by atoms with van der Waals surface area (Å²) in [4.78, 5) is 27.2. The van der Waals surface area contributed by atoms with Crippen LogP contribution in [0.4, 0.5) is 18.0 Å². The number of alkyl halides is 3. The molecule has 154 valence electrons. The van der Waals surface area contributed by atoms with Crippen LogP contribution < -0.4 is 20.1 Å². The summed E-state index contributed by atoms with van der Waals surface area (Å²) in [5.74, 6) is 0.833. The van der Waals surface area contributed by atoms with Gasteiger partial charge in [0.1, 0.15) is 6.54 Å². The van der Waals surface area contributed by atoms with Gasteiger partial charge in [0, 0.05) is 32.7 Å². The monoisotopic (exact) mass is 402 g/mol. The van der Waals surface area contributed by atoms with Gasteiger partial charge >= 0.3 is 12.2 Å². The number of amides is 3. The molecule has 2 aliphatic rings. The molecule has 0 bridgehead atoms. The van der Waals surface area contributed by atoms with E-state index in [2.05, 4.69) is 4.90 Å². The van der Waals surface area contributed by atoms with Gasteiger partial charge in [0.15, 0.2) is 11.5 Å². The maximum absolute atomic E-state index is 12.0. The normalized spacial score (nSPS) is 17.4. The van der Waals surface area contributed by atoms with Crippen LogP contribution in [-0.4, -0.2) is 74.0 Å². The molecule has 3 amide bonds. The summed E-state index contributed by atoms with van der Waals surface area (Å²) in [5.41, 5.74) is 1.09. The Morgan fingerprint density at radius 3 is 2.43 bits per heavy atom. The van der Waals surface area contributed by atoms with Gasteiger partial charge in [-0.05, 0) is 17.7 Å². The lowest BCUT2D eigenvalue weighted by Gasteiger charge is -2.34.